The summed E-state index contributed by atoms with van der Waals surface area (Å²) >= 11 is 7.36. The SMILES string of the molecule is CSc1nc(Cl)cc(CS(=O)(=NC(=O)c2ccccc2)c2ccncc2)n1. The van der Waals surface area contributed by atoms with Crippen molar-refractivity contribution in [1.82, 2.24) is 15.0 Å². The number of benzene rings is 1. The van der Waals surface area contributed by atoms with E-state index in [1.54, 1.807) is 42.5 Å². The second-order valence-corrected chi connectivity index (χ2v) is 8.78. The summed E-state index contributed by atoms with van der Waals surface area (Å²) in [6, 6.07) is 13.2. The predicted molar refractivity (Wildman–Crippen MR) is 106 cm³/mol. The molecule has 138 valence electrons. The van der Waals surface area contributed by atoms with E-state index in [2.05, 4.69) is 19.3 Å². The van der Waals surface area contributed by atoms with Crippen molar-refractivity contribution >= 4 is 39.0 Å². The van der Waals surface area contributed by atoms with Crippen LogP contribution in [0.4, 0.5) is 0 Å². The Morgan fingerprint density at radius 1 is 1.15 bits per heavy atom. The van der Waals surface area contributed by atoms with Crippen LogP contribution in [0.15, 0.2) is 75.3 Å². The van der Waals surface area contributed by atoms with Gasteiger partial charge in [0, 0.05) is 18.0 Å². The summed E-state index contributed by atoms with van der Waals surface area (Å²) in [6.07, 6.45) is 4.84. The molecule has 2 heterocycles. The van der Waals surface area contributed by atoms with Crippen LogP contribution in [-0.2, 0) is 15.5 Å². The number of halogens is 1. The first kappa shape index (κ1) is 19.5. The van der Waals surface area contributed by atoms with Crippen LogP contribution < -0.4 is 0 Å². The molecule has 0 saturated carbocycles. The molecule has 27 heavy (non-hydrogen) atoms. The third kappa shape index (κ3) is 4.91. The quantitative estimate of drug-likeness (QED) is 0.352. The average Bonchev–Trinajstić information content (AvgIpc) is 2.68. The molecule has 3 rings (SSSR count). The molecule has 9 heteroatoms. The predicted octanol–water partition coefficient (Wildman–Crippen LogP) is 4.11. The number of pyridine rings is 1. The maximum Gasteiger partial charge on any atom is 0.285 e. The van der Waals surface area contributed by atoms with Crippen LogP contribution in [0, 0.1) is 0 Å². The summed E-state index contributed by atoms with van der Waals surface area (Å²) in [4.78, 5) is 25.4. The Labute approximate surface area is 166 Å². The maximum atomic E-state index is 13.7. The minimum Gasteiger partial charge on any atom is -0.266 e. The van der Waals surface area contributed by atoms with Gasteiger partial charge in [-0.25, -0.2) is 14.2 Å². The molecule has 0 aliphatic rings. The zero-order valence-electron chi connectivity index (χ0n) is 14.3. The molecule has 0 saturated heterocycles. The smallest absolute Gasteiger partial charge is 0.266 e. The molecule has 0 aliphatic carbocycles. The molecular formula is C18H15ClN4O2S2. The molecule has 1 unspecified atom stereocenters. The van der Waals surface area contributed by atoms with Crippen molar-refractivity contribution in [1.29, 1.82) is 0 Å². The molecule has 0 aliphatic heterocycles. The van der Waals surface area contributed by atoms with Crippen LogP contribution in [0.3, 0.4) is 0 Å². The van der Waals surface area contributed by atoms with Crippen LogP contribution in [0.2, 0.25) is 5.15 Å². The summed E-state index contributed by atoms with van der Waals surface area (Å²) in [5, 5.41) is 0.707. The van der Waals surface area contributed by atoms with Gasteiger partial charge in [0.1, 0.15) is 5.15 Å². The minimum atomic E-state index is -3.13. The van der Waals surface area contributed by atoms with E-state index >= 15 is 0 Å². The van der Waals surface area contributed by atoms with E-state index in [-0.39, 0.29) is 10.9 Å². The average molecular weight is 419 g/mol. The third-order valence-electron chi connectivity index (χ3n) is 3.52. The van der Waals surface area contributed by atoms with Crippen molar-refractivity contribution in [3.63, 3.8) is 0 Å². The number of rotatable bonds is 5. The Balaban J connectivity index is 2.09. The highest BCUT2D eigenvalue weighted by Crippen LogP contribution is 2.22. The van der Waals surface area contributed by atoms with Crippen molar-refractivity contribution in [2.75, 3.05) is 6.26 Å². The number of carbonyl (C=O) groups is 1. The lowest BCUT2D eigenvalue weighted by Crippen LogP contribution is -2.10. The van der Waals surface area contributed by atoms with Crippen LogP contribution in [0.5, 0.6) is 0 Å². The molecule has 0 radical (unpaired) electrons. The minimum absolute atomic E-state index is 0.0641. The van der Waals surface area contributed by atoms with Gasteiger partial charge in [0.2, 0.25) is 0 Å². The van der Waals surface area contributed by atoms with Gasteiger partial charge in [0.05, 0.1) is 26.1 Å². The maximum absolute atomic E-state index is 13.7. The largest absolute Gasteiger partial charge is 0.285 e. The Bertz CT molecular complexity index is 1070. The van der Waals surface area contributed by atoms with Gasteiger partial charge >= 0.3 is 0 Å². The number of aromatic nitrogens is 3. The Hall–Kier alpha value is -2.29. The summed E-state index contributed by atoms with van der Waals surface area (Å²) in [7, 11) is -3.13. The van der Waals surface area contributed by atoms with Crippen LogP contribution in [0.1, 0.15) is 16.1 Å². The zero-order chi connectivity index (χ0) is 19.3. The van der Waals surface area contributed by atoms with Gasteiger partial charge in [-0.2, -0.15) is 4.36 Å². The highest BCUT2D eigenvalue weighted by Gasteiger charge is 2.19. The van der Waals surface area contributed by atoms with E-state index in [9.17, 15) is 9.00 Å². The van der Waals surface area contributed by atoms with Gasteiger partial charge in [-0.1, -0.05) is 41.6 Å². The first-order chi connectivity index (χ1) is 13.0. The highest BCUT2D eigenvalue weighted by molar-refractivity contribution is 7.98. The number of nitrogens with zero attached hydrogens (tertiary/aromatic N) is 4. The zero-order valence-corrected chi connectivity index (χ0v) is 16.7. The highest BCUT2D eigenvalue weighted by atomic mass is 35.5. The van der Waals surface area contributed by atoms with E-state index < -0.39 is 15.6 Å². The van der Waals surface area contributed by atoms with E-state index in [1.807, 2.05) is 6.26 Å². The van der Waals surface area contributed by atoms with Crippen molar-refractivity contribution < 1.29 is 9.00 Å². The van der Waals surface area contributed by atoms with Crippen LogP contribution >= 0.6 is 23.4 Å². The summed E-state index contributed by atoms with van der Waals surface area (Å²) in [5.74, 6) is -0.617. The van der Waals surface area contributed by atoms with Gasteiger partial charge in [0.15, 0.2) is 5.16 Å². The standard InChI is InChI=1S/C18H15ClN4O2S2/c1-26-18-21-14(11-16(19)22-18)12-27(25,15-7-9-20-10-8-15)23-17(24)13-5-3-2-4-6-13/h2-11H,12H2,1H3. The molecule has 0 spiro atoms. The van der Waals surface area contributed by atoms with Gasteiger partial charge in [-0.05, 0) is 36.6 Å². The Morgan fingerprint density at radius 3 is 2.52 bits per heavy atom. The van der Waals surface area contributed by atoms with Crippen LogP contribution in [0.25, 0.3) is 0 Å². The normalized spacial score (nSPS) is 13.0. The van der Waals surface area contributed by atoms with E-state index in [1.165, 1.54) is 30.2 Å². The van der Waals surface area contributed by atoms with Gasteiger partial charge in [0.25, 0.3) is 5.91 Å². The first-order valence-electron chi connectivity index (χ1n) is 7.82. The number of carbonyl (C=O) groups excluding carboxylic acids is 1. The summed E-state index contributed by atoms with van der Waals surface area (Å²) in [6.45, 7) is 0. The molecule has 0 bridgehead atoms. The molecule has 3 aromatic rings. The van der Waals surface area contributed by atoms with Crippen molar-refractivity contribution in [3.05, 3.63) is 77.3 Å². The molecule has 0 N–H and O–H groups in total. The second-order valence-electron chi connectivity index (χ2n) is 5.40. The summed E-state index contributed by atoms with van der Waals surface area (Å²) in [5.41, 5.74) is 0.815. The van der Waals surface area contributed by atoms with Gasteiger partial charge in [-0.15, -0.1) is 0 Å². The molecule has 1 aromatic carbocycles. The Kier molecular flexibility index (Phi) is 6.20. The summed E-state index contributed by atoms with van der Waals surface area (Å²) < 4.78 is 17.8. The van der Waals surface area contributed by atoms with Crippen LogP contribution in [-0.4, -0.2) is 31.3 Å². The topological polar surface area (TPSA) is 85.2 Å². The van der Waals surface area contributed by atoms with Crippen molar-refractivity contribution in [2.45, 2.75) is 15.8 Å². The van der Waals surface area contributed by atoms with Crippen molar-refractivity contribution in [2.24, 2.45) is 4.36 Å². The molecule has 1 atom stereocenters. The van der Waals surface area contributed by atoms with Crippen molar-refractivity contribution in [3.8, 4) is 0 Å². The third-order valence-corrected chi connectivity index (χ3v) is 6.42. The molecule has 6 nitrogen and oxygen atoms in total. The Morgan fingerprint density at radius 2 is 1.85 bits per heavy atom. The fourth-order valence-electron chi connectivity index (χ4n) is 2.29. The fraction of sp³-hybridized carbons (Fsp3) is 0.111. The van der Waals surface area contributed by atoms with E-state index in [0.717, 1.165) is 0 Å². The number of hydrogen-bond acceptors (Lipinski definition) is 6. The lowest BCUT2D eigenvalue weighted by atomic mass is 10.2. The monoisotopic (exact) mass is 418 g/mol. The lowest BCUT2D eigenvalue weighted by Gasteiger charge is -2.10. The van der Waals surface area contributed by atoms with Gasteiger partial charge in [-0.3, -0.25) is 9.78 Å². The first-order valence-corrected chi connectivity index (χ1v) is 11.1. The van der Waals surface area contributed by atoms with E-state index in [4.69, 9.17) is 11.6 Å². The van der Waals surface area contributed by atoms with Gasteiger partial charge < -0.3 is 0 Å². The van der Waals surface area contributed by atoms with E-state index in [0.29, 0.717) is 21.3 Å². The number of hydrogen-bond donors (Lipinski definition) is 0. The lowest BCUT2D eigenvalue weighted by molar-refractivity contribution is 0.100. The molecule has 2 aromatic heterocycles. The number of amides is 1. The molecule has 1 amide bonds. The second kappa shape index (κ2) is 8.60. The molecule has 0 fully saturated rings. The molecular weight excluding hydrogens is 404 g/mol. The number of thioether (sulfide) groups is 1. The fourth-order valence-corrected chi connectivity index (χ4v) is 4.75.